The maximum absolute atomic E-state index is 14.1. The van der Waals surface area contributed by atoms with E-state index < -0.39 is 11.6 Å². The van der Waals surface area contributed by atoms with Crippen LogP contribution in [0.25, 0.3) is 0 Å². The Hall–Kier alpha value is -2.18. The maximum atomic E-state index is 14.1. The maximum Gasteiger partial charge on any atom is 0.149 e. The number of hydrogen-bond acceptors (Lipinski definition) is 4. The Morgan fingerprint density at radius 3 is 2.69 bits per heavy atom. The molecule has 154 valence electrons. The summed E-state index contributed by atoms with van der Waals surface area (Å²) in [5, 5.41) is 7.32. The molecular weight excluding hydrogens is 372 g/mol. The molecule has 3 heterocycles. The second-order valence-electron chi connectivity index (χ2n) is 8.53. The van der Waals surface area contributed by atoms with Gasteiger partial charge in [-0.25, -0.2) is 8.78 Å². The lowest BCUT2D eigenvalue weighted by molar-refractivity contribution is 0.0463. The number of halogens is 2. The number of hydrogen-bond donors (Lipinski definition) is 2. The first-order valence-electron chi connectivity index (χ1n) is 10.6. The number of nitrogens with one attached hydrogen (secondary N) is 2. The summed E-state index contributed by atoms with van der Waals surface area (Å²) >= 11 is 0. The van der Waals surface area contributed by atoms with Crippen LogP contribution in [0.15, 0.2) is 42.5 Å². The Balaban J connectivity index is 1.27. The SMILES string of the molecule is Fc1ccc(N2CCC(NC3CC4(CCNC4)Oc4ccccc43)CC2)c(F)c1. The smallest absolute Gasteiger partial charge is 0.149 e. The topological polar surface area (TPSA) is 36.5 Å². The van der Waals surface area contributed by atoms with E-state index in [1.54, 1.807) is 6.07 Å². The molecule has 3 aliphatic rings. The molecule has 1 spiro atoms. The van der Waals surface area contributed by atoms with Gasteiger partial charge in [-0.2, -0.15) is 0 Å². The van der Waals surface area contributed by atoms with Crippen LogP contribution in [-0.2, 0) is 0 Å². The second kappa shape index (κ2) is 7.58. The van der Waals surface area contributed by atoms with Crippen molar-refractivity contribution in [1.82, 2.24) is 10.6 Å². The van der Waals surface area contributed by atoms with Crippen molar-refractivity contribution >= 4 is 5.69 Å². The van der Waals surface area contributed by atoms with Gasteiger partial charge in [-0.3, -0.25) is 0 Å². The quantitative estimate of drug-likeness (QED) is 0.824. The van der Waals surface area contributed by atoms with Gasteiger partial charge in [0.2, 0.25) is 0 Å². The zero-order valence-electron chi connectivity index (χ0n) is 16.5. The van der Waals surface area contributed by atoms with Crippen LogP contribution in [-0.4, -0.2) is 37.8 Å². The van der Waals surface area contributed by atoms with Crippen molar-refractivity contribution in [3.63, 3.8) is 0 Å². The van der Waals surface area contributed by atoms with E-state index in [-0.39, 0.29) is 11.6 Å². The monoisotopic (exact) mass is 399 g/mol. The molecule has 0 radical (unpaired) electrons. The summed E-state index contributed by atoms with van der Waals surface area (Å²) in [5.74, 6) is -0.0208. The van der Waals surface area contributed by atoms with Gasteiger partial charge in [-0.1, -0.05) is 18.2 Å². The van der Waals surface area contributed by atoms with Crippen molar-refractivity contribution in [1.29, 1.82) is 0 Å². The second-order valence-corrected chi connectivity index (χ2v) is 8.53. The van der Waals surface area contributed by atoms with Crippen LogP contribution in [0.5, 0.6) is 5.75 Å². The third-order valence-electron chi connectivity index (χ3n) is 6.58. The van der Waals surface area contributed by atoms with Gasteiger partial charge in [0.15, 0.2) is 0 Å². The van der Waals surface area contributed by atoms with E-state index in [4.69, 9.17) is 4.74 Å². The average Bonchev–Trinajstić information content (AvgIpc) is 3.16. The lowest BCUT2D eigenvalue weighted by Crippen LogP contribution is -2.49. The summed E-state index contributed by atoms with van der Waals surface area (Å²) in [6.07, 6.45) is 3.86. The van der Waals surface area contributed by atoms with Crippen LogP contribution in [0.4, 0.5) is 14.5 Å². The van der Waals surface area contributed by atoms with E-state index >= 15 is 0 Å². The number of piperidine rings is 1. The van der Waals surface area contributed by atoms with Crippen molar-refractivity contribution in [2.45, 2.75) is 43.4 Å². The lowest BCUT2D eigenvalue weighted by atomic mass is 9.85. The highest BCUT2D eigenvalue weighted by Gasteiger charge is 2.43. The van der Waals surface area contributed by atoms with E-state index in [2.05, 4.69) is 28.8 Å². The Morgan fingerprint density at radius 1 is 1.10 bits per heavy atom. The standard InChI is InChI=1S/C23H27F2N3O/c24-16-5-6-21(19(25)13-16)28-11-7-17(8-12-28)27-20-14-23(9-10-26-15-23)29-22-4-2-1-3-18(20)22/h1-6,13,17,20,26-27H,7-12,14-15H2. The van der Waals surface area contributed by atoms with Gasteiger partial charge >= 0.3 is 0 Å². The van der Waals surface area contributed by atoms with Gasteiger partial charge in [-0.05, 0) is 37.6 Å². The van der Waals surface area contributed by atoms with Crippen LogP contribution >= 0.6 is 0 Å². The van der Waals surface area contributed by atoms with Gasteiger partial charge < -0.3 is 20.3 Å². The summed E-state index contributed by atoms with van der Waals surface area (Å²) in [6.45, 7) is 3.41. The van der Waals surface area contributed by atoms with Gasteiger partial charge in [-0.15, -0.1) is 0 Å². The highest BCUT2D eigenvalue weighted by atomic mass is 19.1. The predicted molar refractivity (Wildman–Crippen MR) is 109 cm³/mol. The molecule has 0 bridgehead atoms. The minimum atomic E-state index is -0.531. The summed E-state index contributed by atoms with van der Waals surface area (Å²) in [7, 11) is 0. The number of ether oxygens (including phenoxy) is 1. The first-order chi connectivity index (χ1) is 14.1. The van der Waals surface area contributed by atoms with Crippen molar-refractivity contribution in [3.8, 4) is 5.75 Å². The van der Waals surface area contributed by atoms with Crippen LogP contribution in [0.1, 0.15) is 37.3 Å². The molecule has 0 saturated carbocycles. The Morgan fingerprint density at radius 2 is 1.93 bits per heavy atom. The summed E-state index contributed by atoms with van der Waals surface area (Å²) < 4.78 is 33.7. The minimum Gasteiger partial charge on any atom is -0.485 e. The first-order valence-corrected chi connectivity index (χ1v) is 10.6. The third-order valence-corrected chi connectivity index (χ3v) is 6.58. The lowest BCUT2D eigenvalue weighted by Gasteiger charge is -2.42. The number of fused-ring (bicyclic) bond motifs is 1. The van der Waals surface area contributed by atoms with E-state index in [9.17, 15) is 8.78 Å². The molecule has 2 saturated heterocycles. The number of benzene rings is 2. The predicted octanol–water partition coefficient (Wildman–Crippen LogP) is 3.78. The fourth-order valence-electron chi connectivity index (χ4n) is 5.06. The zero-order valence-corrected chi connectivity index (χ0v) is 16.5. The summed E-state index contributed by atoms with van der Waals surface area (Å²) in [6, 6.07) is 12.8. The average molecular weight is 399 g/mol. The fourth-order valence-corrected chi connectivity index (χ4v) is 5.06. The fraction of sp³-hybridized carbons (Fsp3) is 0.478. The molecule has 3 aliphatic heterocycles. The number of para-hydroxylation sites is 1. The van der Waals surface area contributed by atoms with Crippen molar-refractivity contribution in [2.24, 2.45) is 0 Å². The molecule has 2 fully saturated rings. The molecular formula is C23H27F2N3O. The molecule has 0 amide bonds. The van der Waals surface area contributed by atoms with Crippen LogP contribution < -0.4 is 20.3 Å². The van der Waals surface area contributed by atoms with Gasteiger partial charge in [0.25, 0.3) is 0 Å². The number of anilines is 1. The molecule has 5 rings (SSSR count). The molecule has 2 aromatic rings. The van der Waals surface area contributed by atoms with Crippen molar-refractivity contribution in [3.05, 3.63) is 59.7 Å². The molecule has 0 aliphatic carbocycles. The Kier molecular flexibility index (Phi) is 4.92. The third kappa shape index (κ3) is 3.71. The highest BCUT2D eigenvalue weighted by molar-refractivity contribution is 5.48. The van der Waals surface area contributed by atoms with Gasteiger partial charge in [0.05, 0.1) is 5.69 Å². The van der Waals surface area contributed by atoms with E-state index in [0.29, 0.717) is 11.7 Å². The molecule has 29 heavy (non-hydrogen) atoms. The van der Waals surface area contributed by atoms with Crippen LogP contribution in [0.2, 0.25) is 0 Å². The minimum absolute atomic E-state index is 0.121. The van der Waals surface area contributed by atoms with Crippen molar-refractivity contribution in [2.75, 3.05) is 31.1 Å². The first kappa shape index (κ1) is 18.8. The largest absolute Gasteiger partial charge is 0.485 e. The van der Waals surface area contributed by atoms with E-state index in [1.807, 2.05) is 11.0 Å². The molecule has 0 aromatic heterocycles. The summed E-state index contributed by atoms with van der Waals surface area (Å²) in [4.78, 5) is 2.02. The highest BCUT2D eigenvalue weighted by Crippen LogP contribution is 2.42. The molecule has 2 aromatic carbocycles. The van der Waals surface area contributed by atoms with Gasteiger partial charge in [0, 0.05) is 56.2 Å². The molecule has 2 N–H and O–H groups in total. The Labute approximate surface area is 170 Å². The summed E-state index contributed by atoms with van der Waals surface area (Å²) in [5.41, 5.74) is 1.61. The van der Waals surface area contributed by atoms with Gasteiger partial charge in [0.1, 0.15) is 23.0 Å². The molecule has 2 unspecified atom stereocenters. The normalized spacial score (nSPS) is 27.1. The zero-order chi connectivity index (χ0) is 19.8. The van der Waals surface area contributed by atoms with Crippen molar-refractivity contribution < 1.29 is 13.5 Å². The van der Waals surface area contributed by atoms with Crippen LogP contribution in [0, 0.1) is 11.6 Å². The molecule has 4 nitrogen and oxygen atoms in total. The number of nitrogens with zero attached hydrogens (tertiary/aromatic N) is 1. The number of rotatable bonds is 3. The molecule has 2 atom stereocenters. The van der Waals surface area contributed by atoms with E-state index in [1.165, 1.54) is 11.6 Å². The van der Waals surface area contributed by atoms with E-state index in [0.717, 1.165) is 63.7 Å². The molecule has 6 heteroatoms. The van der Waals surface area contributed by atoms with Crippen LogP contribution in [0.3, 0.4) is 0 Å². The Bertz CT molecular complexity index is 876.